The van der Waals surface area contributed by atoms with E-state index in [2.05, 4.69) is 38.1 Å². The Bertz CT molecular complexity index is 770. The maximum Gasteiger partial charge on any atom is 0.266 e. The van der Waals surface area contributed by atoms with Crippen molar-refractivity contribution in [3.05, 3.63) is 47.5 Å². The summed E-state index contributed by atoms with van der Waals surface area (Å²) in [7, 11) is 0. The number of allylic oxidation sites excluding steroid dienone is 1. The molecule has 0 amide bonds. The molecular weight excluding hydrogens is 450 g/mol. The second kappa shape index (κ2) is 13.3. The molecule has 1 atom stereocenters. The van der Waals surface area contributed by atoms with Gasteiger partial charge >= 0.3 is 0 Å². The Hall–Kier alpha value is -1.34. The zero-order valence-electron chi connectivity index (χ0n) is 21.3. The van der Waals surface area contributed by atoms with E-state index in [4.69, 9.17) is 18.9 Å². The molecule has 4 rings (SSSR count). The molecule has 0 N–H and O–H groups in total. The van der Waals surface area contributed by atoms with Gasteiger partial charge in [-0.25, -0.2) is 0 Å². The molecule has 2 aliphatic heterocycles. The molecule has 1 aliphatic carbocycles. The summed E-state index contributed by atoms with van der Waals surface area (Å²) in [6.07, 6.45) is 6.94. The SMILES string of the molecule is CCCC(C)C1COC(C2COC(C3CCC(c4ccc(CCC=C(F)F)cc4)CC3)OC2)OC1. The van der Waals surface area contributed by atoms with E-state index < -0.39 is 6.08 Å². The van der Waals surface area contributed by atoms with E-state index in [1.54, 1.807) is 0 Å². The Kier molecular flexibility index (Phi) is 10.1. The first-order valence-corrected chi connectivity index (χ1v) is 13.6. The normalized spacial score (nSPS) is 32.7. The topological polar surface area (TPSA) is 36.9 Å². The van der Waals surface area contributed by atoms with Crippen molar-refractivity contribution in [3.63, 3.8) is 0 Å². The van der Waals surface area contributed by atoms with Crippen molar-refractivity contribution < 1.29 is 27.7 Å². The molecule has 3 aliphatic rings. The largest absolute Gasteiger partial charge is 0.352 e. The molecule has 6 heteroatoms. The Morgan fingerprint density at radius 3 is 2.09 bits per heavy atom. The van der Waals surface area contributed by atoms with Crippen LogP contribution in [0.15, 0.2) is 36.4 Å². The van der Waals surface area contributed by atoms with E-state index in [0.29, 0.717) is 49.7 Å². The first kappa shape index (κ1) is 26.7. The van der Waals surface area contributed by atoms with E-state index in [9.17, 15) is 8.78 Å². The number of ether oxygens (including phenoxy) is 4. The third kappa shape index (κ3) is 7.58. The summed E-state index contributed by atoms with van der Waals surface area (Å²) in [6, 6.07) is 8.51. The van der Waals surface area contributed by atoms with Crippen molar-refractivity contribution in [3.8, 4) is 0 Å². The molecule has 4 nitrogen and oxygen atoms in total. The highest BCUT2D eigenvalue weighted by Crippen LogP contribution is 2.39. The quantitative estimate of drug-likeness (QED) is 0.369. The number of halogens is 2. The van der Waals surface area contributed by atoms with Gasteiger partial charge in [-0.2, -0.15) is 8.78 Å². The molecule has 35 heavy (non-hydrogen) atoms. The third-order valence-corrected chi connectivity index (χ3v) is 8.17. The molecule has 2 heterocycles. The highest BCUT2D eigenvalue weighted by molar-refractivity contribution is 5.26. The zero-order valence-corrected chi connectivity index (χ0v) is 21.3. The fourth-order valence-electron chi connectivity index (χ4n) is 5.82. The summed E-state index contributed by atoms with van der Waals surface area (Å²) >= 11 is 0. The first-order chi connectivity index (χ1) is 17.0. The molecule has 0 radical (unpaired) electrons. The second-order valence-corrected chi connectivity index (χ2v) is 10.7. The Morgan fingerprint density at radius 1 is 0.886 bits per heavy atom. The van der Waals surface area contributed by atoms with Crippen molar-refractivity contribution in [2.75, 3.05) is 26.4 Å². The van der Waals surface area contributed by atoms with Gasteiger partial charge in [-0.3, -0.25) is 0 Å². The molecular formula is C29H42F2O4. The van der Waals surface area contributed by atoms with E-state index >= 15 is 0 Å². The van der Waals surface area contributed by atoms with Crippen LogP contribution in [-0.4, -0.2) is 39.0 Å². The first-order valence-electron chi connectivity index (χ1n) is 13.6. The average Bonchev–Trinajstić information content (AvgIpc) is 2.89. The lowest BCUT2D eigenvalue weighted by atomic mass is 9.78. The molecule has 1 aromatic rings. The fourth-order valence-corrected chi connectivity index (χ4v) is 5.82. The van der Waals surface area contributed by atoms with Gasteiger partial charge in [0.1, 0.15) is 0 Å². The summed E-state index contributed by atoms with van der Waals surface area (Å²) in [5.41, 5.74) is 2.46. The van der Waals surface area contributed by atoms with Crippen LogP contribution in [0, 0.1) is 23.7 Å². The molecule has 0 aromatic heterocycles. The van der Waals surface area contributed by atoms with Crippen LogP contribution in [0.25, 0.3) is 0 Å². The van der Waals surface area contributed by atoms with Crippen LogP contribution in [0.5, 0.6) is 0 Å². The highest BCUT2D eigenvalue weighted by Gasteiger charge is 2.38. The zero-order chi connectivity index (χ0) is 24.6. The van der Waals surface area contributed by atoms with E-state index in [1.165, 1.54) is 18.4 Å². The number of hydrogen-bond donors (Lipinski definition) is 0. The summed E-state index contributed by atoms with van der Waals surface area (Å²) in [4.78, 5) is 0. The van der Waals surface area contributed by atoms with Gasteiger partial charge in [0.15, 0.2) is 12.6 Å². The van der Waals surface area contributed by atoms with Crippen LogP contribution in [-0.2, 0) is 25.4 Å². The van der Waals surface area contributed by atoms with Gasteiger partial charge in [0.25, 0.3) is 6.08 Å². The van der Waals surface area contributed by atoms with E-state index in [-0.39, 0.29) is 18.5 Å². The Balaban J connectivity index is 1.16. The van der Waals surface area contributed by atoms with Crippen LogP contribution in [0.1, 0.15) is 75.8 Å². The van der Waals surface area contributed by atoms with Crippen LogP contribution >= 0.6 is 0 Å². The number of aryl methyl sites for hydroxylation is 1. The maximum absolute atomic E-state index is 12.2. The van der Waals surface area contributed by atoms with Gasteiger partial charge in [-0.1, -0.05) is 51.0 Å². The fraction of sp³-hybridized carbons (Fsp3) is 0.724. The van der Waals surface area contributed by atoms with Gasteiger partial charge in [0.05, 0.1) is 32.3 Å². The molecule has 0 bridgehead atoms. The lowest BCUT2D eigenvalue weighted by Gasteiger charge is -2.41. The van der Waals surface area contributed by atoms with Gasteiger partial charge < -0.3 is 18.9 Å². The van der Waals surface area contributed by atoms with E-state index in [1.807, 2.05) is 0 Å². The van der Waals surface area contributed by atoms with Gasteiger partial charge in [0, 0.05) is 11.8 Å². The van der Waals surface area contributed by atoms with Crippen molar-refractivity contribution in [2.45, 2.75) is 83.7 Å². The number of rotatable bonds is 9. The summed E-state index contributed by atoms with van der Waals surface area (Å²) < 4.78 is 48.9. The average molecular weight is 493 g/mol. The lowest BCUT2D eigenvalue weighted by molar-refractivity contribution is -0.293. The summed E-state index contributed by atoms with van der Waals surface area (Å²) in [5.74, 6) is 2.24. The molecule has 196 valence electrons. The second-order valence-electron chi connectivity index (χ2n) is 10.7. The molecule has 2 saturated heterocycles. The molecule has 1 aromatic carbocycles. The molecule has 1 saturated carbocycles. The van der Waals surface area contributed by atoms with Crippen LogP contribution < -0.4 is 0 Å². The monoisotopic (exact) mass is 492 g/mol. The standard InChI is InChI=1S/C29H42F2O4/c1-3-5-20(2)25-16-32-29(33-17-25)26-18-34-28(35-19-26)24-14-12-23(13-15-24)22-10-8-21(9-11-22)6-4-7-27(30)31/h7-11,20,23-26,28-29H,3-6,12-19H2,1-2H3. The van der Waals surface area contributed by atoms with Crippen molar-refractivity contribution in [1.82, 2.24) is 0 Å². The number of benzene rings is 1. The summed E-state index contributed by atoms with van der Waals surface area (Å²) in [5, 5.41) is 0. The van der Waals surface area contributed by atoms with Crippen molar-refractivity contribution in [2.24, 2.45) is 23.7 Å². The molecule has 3 fully saturated rings. The molecule has 0 spiro atoms. The van der Waals surface area contributed by atoms with Gasteiger partial charge in [0.2, 0.25) is 0 Å². The molecule has 1 unspecified atom stereocenters. The minimum absolute atomic E-state index is 0.126. The minimum Gasteiger partial charge on any atom is -0.352 e. The predicted molar refractivity (Wildman–Crippen MR) is 132 cm³/mol. The highest BCUT2D eigenvalue weighted by atomic mass is 19.3. The van der Waals surface area contributed by atoms with Crippen LogP contribution in [0.2, 0.25) is 0 Å². The number of hydrogen-bond acceptors (Lipinski definition) is 4. The van der Waals surface area contributed by atoms with E-state index in [0.717, 1.165) is 50.5 Å². The van der Waals surface area contributed by atoms with Crippen LogP contribution in [0.3, 0.4) is 0 Å². The third-order valence-electron chi connectivity index (χ3n) is 8.17. The minimum atomic E-state index is -1.60. The summed E-state index contributed by atoms with van der Waals surface area (Å²) in [6.45, 7) is 7.32. The Labute approximate surface area is 209 Å². The van der Waals surface area contributed by atoms with Gasteiger partial charge in [-0.05, 0) is 67.6 Å². The maximum atomic E-state index is 12.2. The van der Waals surface area contributed by atoms with Crippen molar-refractivity contribution >= 4 is 0 Å². The smallest absolute Gasteiger partial charge is 0.266 e. The Morgan fingerprint density at radius 2 is 1.49 bits per heavy atom. The van der Waals surface area contributed by atoms with Crippen LogP contribution in [0.4, 0.5) is 8.78 Å². The predicted octanol–water partition coefficient (Wildman–Crippen LogP) is 7.09. The van der Waals surface area contributed by atoms with Gasteiger partial charge in [-0.15, -0.1) is 0 Å². The lowest BCUT2D eigenvalue weighted by Crippen LogP contribution is -2.47. The van der Waals surface area contributed by atoms with Crippen molar-refractivity contribution in [1.29, 1.82) is 0 Å².